The molecule has 3 N–H and O–H groups in total. The lowest BCUT2D eigenvalue weighted by Crippen LogP contribution is -2.34. The average molecular weight is 406 g/mol. The number of ether oxygens (including phenoxy) is 1. The number of carboxylic acid groups (broad SMARTS) is 1. The molecule has 7 heteroatoms. The Balaban J connectivity index is 1.51. The van der Waals surface area contributed by atoms with Gasteiger partial charge in [-0.1, -0.05) is 30.3 Å². The molecular formula is C22H18N2O4S. The van der Waals surface area contributed by atoms with Crippen molar-refractivity contribution >= 4 is 34.9 Å². The Morgan fingerprint density at radius 2 is 1.48 bits per heavy atom. The van der Waals surface area contributed by atoms with Crippen molar-refractivity contribution < 1.29 is 19.4 Å². The molecule has 0 radical (unpaired) electrons. The van der Waals surface area contributed by atoms with Crippen LogP contribution < -0.4 is 15.4 Å². The monoisotopic (exact) mass is 406 g/mol. The van der Waals surface area contributed by atoms with E-state index in [0.717, 1.165) is 5.56 Å². The Morgan fingerprint density at radius 1 is 0.862 bits per heavy atom. The number of thiocarbonyl (C=S) groups is 1. The summed E-state index contributed by atoms with van der Waals surface area (Å²) in [6, 6.07) is 22.6. The summed E-state index contributed by atoms with van der Waals surface area (Å²) in [6.45, 7) is 0.445. The zero-order valence-electron chi connectivity index (χ0n) is 15.3. The molecule has 0 spiro atoms. The van der Waals surface area contributed by atoms with E-state index in [2.05, 4.69) is 10.6 Å². The topological polar surface area (TPSA) is 87.7 Å². The van der Waals surface area contributed by atoms with Crippen LogP contribution in [0.15, 0.2) is 78.9 Å². The first-order valence-electron chi connectivity index (χ1n) is 8.74. The van der Waals surface area contributed by atoms with E-state index in [9.17, 15) is 9.59 Å². The lowest BCUT2D eigenvalue weighted by atomic mass is 10.2. The van der Waals surface area contributed by atoms with Gasteiger partial charge in [-0.05, 0) is 66.3 Å². The van der Waals surface area contributed by atoms with Crippen molar-refractivity contribution in [3.63, 3.8) is 0 Å². The molecule has 3 aromatic carbocycles. The smallest absolute Gasteiger partial charge is 0.335 e. The zero-order valence-corrected chi connectivity index (χ0v) is 16.1. The molecule has 146 valence electrons. The Kier molecular flexibility index (Phi) is 6.55. The Labute approximate surface area is 173 Å². The number of nitrogens with one attached hydrogen (secondary N) is 2. The molecule has 3 aromatic rings. The molecule has 0 bridgehead atoms. The molecular weight excluding hydrogens is 388 g/mol. The van der Waals surface area contributed by atoms with E-state index in [-0.39, 0.29) is 16.6 Å². The van der Waals surface area contributed by atoms with Gasteiger partial charge in [-0.15, -0.1) is 0 Å². The van der Waals surface area contributed by atoms with E-state index in [1.54, 1.807) is 36.4 Å². The molecule has 0 aliphatic heterocycles. The molecule has 0 heterocycles. The molecule has 6 nitrogen and oxygen atoms in total. The number of carboxylic acids is 1. The molecule has 0 aliphatic carbocycles. The molecule has 1 amide bonds. The van der Waals surface area contributed by atoms with E-state index in [1.807, 2.05) is 30.3 Å². The zero-order chi connectivity index (χ0) is 20.6. The fraction of sp³-hybridized carbons (Fsp3) is 0.0455. The summed E-state index contributed by atoms with van der Waals surface area (Å²) in [7, 11) is 0. The van der Waals surface area contributed by atoms with Gasteiger partial charge in [-0.25, -0.2) is 4.79 Å². The lowest BCUT2D eigenvalue weighted by molar-refractivity contribution is 0.0696. The van der Waals surface area contributed by atoms with Gasteiger partial charge >= 0.3 is 5.97 Å². The molecule has 0 aromatic heterocycles. The van der Waals surface area contributed by atoms with Crippen LogP contribution in [0.3, 0.4) is 0 Å². The van der Waals surface area contributed by atoms with Crippen LogP contribution in [0.2, 0.25) is 0 Å². The summed E-state index contributed by atoms with van der Waals surface area (Å²) in [5.74, 6) is -0.715. The largest absolute Gasteiger partial charge is 0.489 e. The number of hydrogen-bond donors (Lipinski definition) is 3. The van der Waals surface area contributed by atoms with Gasteiger partial charge in [0.2, 0.25) is 0 Å². The quantitative estimate of drug-likeness (QED) is 0.535. The van der Waals surface area contributed by atoms with Crippen LogP contribution in [-0.4, -0.2) is 22.1 Å². The number of aromatic carboxylic acids is 1. The normalized spacial score (nSPS) is 10.1. The fourth-order valence-corrected chi connectivity index (χ4v) is 2.69. The van der Waals surface area contributed by atoms with Gasteiger partial charge in [0.25, 0.3) is 5.91 Å². The number of carbonyl (C=O) groups excluding carboxylic acids is 1. The first kappa shape index (κ1) is 20.0. The van der Waals surface area contributed by atoms with Crippen LogP contribution in [0, 0.1) is 0 Å². The minimum absolute atomic E-state index is 0.113. The summed E-state index contributed by atoms with van der Waals surface area (Å²) < 4.78 is 5.70. The first-order valence-corrected chi connectivity index (χ1v) is 9.14. The van der Waals surface area contributed by atoms with Gasteiger partial charge in [0.05, 0.1) is 5.56 Å². The van der Waals surface area contributed by atoms with Crippen molar-refractivity contribution in [2.45, 2.75) is 6.61 Å². The highest BCUT2D eigenvalue weighted by atomic mass is 32.1. The van der Waals surface area contributed by atoms with Gasteiger partial charge in [-0.3, -0.25) is 10.1 Å². The van der Waals surface area contributed by atoms with Crippen molar-refractivity contribution in [2.75, 3.05) is 5.32 Å². The summed E-state index contributed by atoms with van der Waals surface area (Å²) in [5.41, 5.74) is 2.23. The number of amides is 1. The van der Waals surface area contributed by atoms with Crippen LogP contribution >= 0.6 is 12.2 Å². The average Bonchev–Trinajstić information content (AvgIpc) is 2.73. The van der Waals surface area contributed by atoms with Crippen molar-refractivity contribution in [3.8, 4) is 5.75 Å². The van der Waals surface area contributed by atoms with Crippen LogP contribution in [-0.2, 0) is 6.61 Å². The minimum atomic E-state index is -1.01. The molecule has 0 saturated heterocycles. The number of benzene rings is 3. The Bertz CT molecular complexity index is 1000. The molecule has 0 aliphatic rings. The molecule has 0 saturated carbocycles. The minimum Gasteiger partial charge on any atom is -0.489 e. The SMILES string of the molecule is O=C(O)c1ccc(NC(=S)NC(=O)c2ccc(OCc3ccccc3)cc2)cc1. The summed E-state index contributed by atoms with van der Waals surface area (Å²) in [6.07, 6.45) is 0. The Morgan fingerprint density at radius 3 is 2.10 bits per heavy atom. The van der Waals surface area contributed by atoms with Crippen LogP contribution in [0.5, 0.6) is 5.75 Å². The maximum absolute atomic E-state index is 12.3. The van der Waals surface area contributed by atoms with Crippen molar-refractivity contribution in [1.82, 2.24) is 5.32 Å². The van der Waals surface area contributed by atoms with Crippen molar-refractivity contribution in [1.29, 1.82) is 0 Å². The highest BCUT2D eigenvalue weighted by molar-refractivity contribution is 7.80. The van der Waals surface area contributed by atoms with E-state index in [4.69, 9.17) is 22.1 Å². The summed E-state index contributed by atoms with van der Waals surface area (Å²) >= 11 is 5.13. The van der Waals surface area contributed by atoms with Crippen LogP contribution in [0.25, 0.3) is 0 Å². The molecule has 29 heavy (non-hydrogen) atoms. The third-order valence-corrected chi connectivity index (χ3v) is 4.19. The van der Waals surface area contributed by atoms with Gasteiger partial charge in [0, 0.05) is 11.3 Å². The summed E-state index contributed by atoms with van der Waals surface area (Å²) in [5, 5.41) is 14.4. The maximum Gasteiger partial charge on any atom is 0.335 e. The van der Waals surface area contributed by atoms with Gasteiger partial charge in [0.1, 0.15) is 12.4 Å². The standard InChI is InChI=1S/C22H18N2O4S/c25-20(24-22(29)23-18-10-6-17(7-11-18)21(26)27)16-8-12-19(13-9-16)28-14-15-4-2-1-3-5-15/h1-13H,14H2,(H,26,27)(H2,23,24,25,29). The van der Waals surface area contributed by atoms with E-state index in [0.29, 0.717) is 23.6 Å². The first-order chi connectivity index (χ1) is 14.0. The Hall–Kier alpha value is -3.71. The molecule has 0 atom stereocenters. The number of anilines is 1. The van der Waals surface area contributed by atoms with Crippen LogP contribution in [0.1, 0.15) is 26.3 Å². The fourth-order valence-electron chi connectivity index (χ4n) is 2.48. The van der Waals surface area contributed by atoms with E-state index >= 15 is 0 Å². The predicted octanol–water partition coefficient (Wildman–Crippen LogP) is 4.09. The van der Waals surface area contributed by atoms with E-state index in [1.165, 1.54) is 12.1 Å². The second-order valence-electron chi connectivity index (χ2n) is 6.09. The second kappa shape index (κ2) is 9.48. The molecule has 0 fully saturated rings. The van der Waals surface area contributed by atoms with Gasteiger partial charge in [0.15, 0.2) is 5.11 Å². The van der Waals surface area contributed by atoms with E-state index < -0.39 is 5.97 Å². The van der Waals surface area contributed by atoms with Crippen molar-refractivity contribution in [2.24, 2.45) is 0 Å². The van der Waals surface area contributed by atoms with Gasteiger partial charge in [-0.2, -0.15) is 0 Å². The maximum atomic E-state index is 12.3. The third-order valence-electron chi connectivity index (χ3n) is 3.98. The van der Waals surface area contributed by atoms with Crippen LogP contribution in [0.4, 0.5) is 5.69 Å². The number of carbonyl (C=O) groups is 2. The van der Waals surface area contributed by atoms with Crippen molar-refractivity contribution in [3.05, 3.63) is 95.6 Å². The lowest BCUT2D eigenvalue weighted by Gasteiger charge is -2.10. The third kappa shape index (κ3) is 5.88. The van der Waals surface area contributed by atoms with Gasteiger partial charge < -0.3 is 15.2 Å². The highest BCUT2D eigenvalue weighted by Gasteiger charge is 2.09. The molecule has 3 rings (SSSR count). The predicted molar refractivity (Wildman–Crippen MR) is 114 cm³/mol. The summed E-state index contributed by atoms with van der Waals surface area (Å²) in [4.78, 5) is 23.2. The molecule has 0 unspecified atom stereocenters. The number of hydrogen-bond acceptors (Lipinski definition) is 4. The second-order valence-corrected chi connectivity index (χ2v) is 6.50. The number of rotatable bonds is 6. The highest BCUT2D eigenvalue weighted by Crippen LogP contribution is 2.15.